The number of nitrogens with two attached hydrogens (primary N) is 1. The fraction of sp³-hybridized carbons (Fsp3) is 0.214. The smallest absolute Gasteiger partial charge is 0.274 e. The quantitative estimate of drug-likeness (QED) is 0.725. The number of hydrogen-bond acceptors (Lipinski definition) is 3. The van der Waals surface area contributed by atoms with Gasteiger partial charge in [-0.2, -0.15) is 5.10 Å². The lowest BCUT2D eigenvalue weighted by molar-refractivity contribution is 0.100. The fourth-order valence-electron chi connectivity index (χ4n) is 2.20. The molecule has 0 radical (unpaired) electrons. The maximum atomic E-state index is 12.6. The highest BCUT2D eigenvalue weighted by molar-refractivity contribution is 9.10. The van der Waals surface area contributed by atoms with Crippen LogP contribution in [0.5, 0.6) is 0 Å². The first-order chi connectivity index (χ1) is 10.9. The molecule has 1 aliphatic rings. The van der Waals surface area contributed by atoms with Crippen LogP contribution in [0.15, 0.2) is 27.3 Å². The van der Waals surface area contributed by atoms with Crippen LogP contribution in [0.2, 0.25) is 5.02 Å². The SMILES string of the molecule is NC(=O)c1cc(Cl)cc(Br)c1NC(=O)c1cc(Br)nn1C1CC1. The number of nitrogens with one attached hydrogen (secondary N) is 1. The summed E-state index contributed by atoms with van der Waals surface area (Å²) < 4.78 is 2.75. The minimum Gasteiger partial charge on any atom is -0.366 e. The van der Waals surface area contributed by atoms with Gasteiger partial charge in [0.15, 0.2) is 0 Å². The molecule has 9 heteroatoms. The molecule has 1 aromatic heterocycles. The number of anilines is 1. The monoisotopic (exact) mass is 460 g/mol. The van der Waals surface area contributed by atoms with Gasteiger partial charge in [0.2, 0.25) is 0 Å². The highest BCUT2D eigenvalue weighted by Gasteiger charge is 2.30. The Kier molecular flexibility index (Phi) is 4.48. The van der Waals surface area contributed by atoms with E-state index in [0.29, 0.717) is 19.8 Å². The van der Waals surface area contributed by atoms with Gasteiger partial charge in [-0.15, -0.1) is 0 Å². The van der Waals surface area contributed by atoms with Gasteiger partial charge in [0.25, 0.3) is 11.8 Å². The van der Waals surface area contributed by atoms with Crippen molar-refractivity contribution in [3.05, 3.63) is 43.6 Å². The Morgan fingerprint density at radius 1 is 1.30 bits per heavy atom. The average Bonchev–Trinajstić information content (AvgIpc) is 3.23. The van der Waals surface area contributed by atoms with E-state index in [1.54, 1.807) is 16.8 Å². The van der Waals surface area contributed by atoms with Gasteiger partial charge < -0.3 is 11.1 Å². The summed E-state index contributed by atoms with van der Waals surface area (Å²) in [6.07, 6.45) is 1.98. The standard InChI is InChI=1S/C14H11Br2ClN4O2/c15-9-4-6(17)3-8(13(18)22)12(9)19-14(23)10-5-11(16)20-21(10)7-1-2-7/h3-5,7H,1-2H2,(H2,18,22)(H,19,23). The van der Waals surface area contributed by atoms with Crippen LogP contribution in [0.1, 0.15) is 39.7 Å². The molecule has 2 aromatic rings. The van der Waals surface area contributed by atoms with Gasteiger partial charge in [-0.3, -0.25) is 14.3 Å². The van der Waals surface area contributed by atoms with Crippen molar-refractivity contribution >= 4 is 61.0 Å². The number of primary amides is 1. The molecule has 1 aromatic carbocycles. The Morgan fingerprint density at radius 3 is 2.61 bits per heavy atom. The van der Waals surface area contributed by atoms with Crippen molar-refractivity contribution in [2.75, 3.05) is 5.32 Å². The molecule has 0 atom stereocenters. The number of halogens is 3. The number of benzene rings is 1. The van der Waals surface area contributed by atoms with Gasteiger partial charge in [-0.1, -0.05) is 11.6 Å². The van der Waals surface area contributed by atoms with Crippen molar-refractivity contribution in [3.8, 4) is 0 Å². The second-order valence-electron chi connectivity index (χ2n) is 5.16. The summed E-state index contributed by atoms with van der Waals surface area (Å²) in [7, 11) is 0. The summed E-state index contributed by atoms with van der Waals surface area (Å²) >= 11 is 12.5. The molecule has 120 valence electrons. The molecule has 0 bridgehead atoms. The first-order valence-corrected chi connectivity index (χ1v) is 8.68. The number of amides is 2. The normalized spacial score (nSPS) is 13.9. The number of aromatic nitrogens is 2. The van der Waals surface area contributed by atoms with Crippen molar-refractivity contribution < 1.29 is 9.59 Å². The van der Waals surface area contributed by atoms with E-state index in [0.717, 1.165) is 12.8 Å². The van der Waals surface area contributed by atoms with Crippen LogP contribution < -0.4 is 11.1 Å². The molecule has 2 amide bonds. The molecular weight excluding hydrogens is 451 g/mol. The predicted molar refractivity (Wildman–Crippen MR) is 93.8 cm³/mol. The number of hydrogen-bond donors (Lipinski definition) is 2. The Bertz CT molecular complexity index is 817. The van der Waals surface area contributed by atoms with Crippen molar-refractivity contribution in [1.82, 2.24) is 9.78 Å². The highest BCUT2D eigenvalue weighted by atomic mass is 79.9. The van der Waals surface area contributed by atoms with Crippen molar-refractivity contribution in [1.29, 1.82) is 0 Å². The maximum absolute atomic E-state index is 12.6. The lowest BCUT2D eigenvalue weighted by Crippen LogP contribution is -2.21. The third-order valence-corrected chi connectivity index (χ3v) is 4.62. The lowest BCUT2D eigenvalue weighted by Gasteiger charge is -2.12. The van der Waals surface area contributed by atoms with Crippen LogP contribution >= 0.6 is 43.5 Å². The molecule has 1 heterocycles. The molecule has 1 fully saturated rings. The van der Waals surface area contributed by atoms with Crippen LogP contribution in [-0.4, -0.2) is 21.6 Å². The Labute approximate surface area is 153 Å². The molecule has 0 unspecified atom stereocenters. The topological polar surface area (TPSA) is 90.0 Å². The Morgan fingerprint density at radius 2 is 2.00 bits per heavy atom. The van der Waals surface area contributed by atoms with Crippen LogP contribution in [0.4, 0.5) is 5.69 Å². The maximum Gasteiger partial charge on any atom is 0.274 e. The number of nitrogens with zero attached hydrogens (tertiary/aromatic N) is 2. The molecule has 23 heavy (non-hydrogen) atoms. The molecule has 0 spiro atoms. The summed E-state index contributed by atoms with van der Waals surface area (Å²) in [5, 5.41) is 7.33. The molecule has 6 nitrogen and oxygen atoms in total. The Balaban J connectivity index is 1.96. The van der Waals surface area contributed by atoms with Crippen molar-refractivity contribution in [2.45, 2.75) is 18.9 Å². The van der Waals surface area contributed by atoms with E-state index >= 15 is 0 Å². The molecular formula is C14H11Br2ClN4O2. The second kappa shape index (κ2) is 6.26. The van der Waals surface area contributed by atoms with Gasteiger partial charge in [0, 0.05) is 15.6 Å². The van der Waals surface area contributed by atoms with E-state index < -0.39 is 5.91 Å². The van der Waals surface area contributed by atoms with Gasteiger partial charge in [-0.25, -0.2) is 0 Å². The van der Waals surface area contributed by atoms with E-state index in [4.69, 9.17) is 17.3 Å². The lowest BCUT2D eigenvalue weighted by atomic mass is 10.1. The molecule has 0 saturated heterocycles. The average molecular weight is 463 g/mol. The van der Waals surface area contributed by atoms with Crippen molar-refractivity contribution in [3.63, 3.8) is 0 Å². The van der Waals surface area contributed by atoms with E-state index in [-0.39, 0.29) is 23.2 Å². The van der Waals surface area contributed by atoms with E-state index in [1.807, 2.05) is 0 Å². The van der Waals surface area contributed by atoms with Gasteiger partial charge in [0.1, 0.15) is 10.3 Å². The zero-order valence-electron chi connectivity index (χ0n) is 11.6. The van der Waals surface area contributed by atoms with Gasteiger partial charge in [0.05, 0.1) is 17.3 Å². The summed E-state index contributed by atoms with van der Waals surface area (Å²) in [5.41, 5.74) is 6.20. The molecule has 0 aliphatic heterocycles. The van der Waals surface area contributed by atoms with E-state index in [1.165, 1.54) is 6.07 Å². The van der Waals surface area contributed by atoms with Gasteiger partial charge in [-0.05, 0) is 56.8 Å². The Hall–Kier alpha value is -1.38. The van der Waals surface area contributed by atoms with E-state index in [2.05, 4.69) is 42.3 Å². The zero-order chi connectivity index (χ0) is 16.7. The molecule has 3 N–H and O–H groups in total. The molecule has 1 saturated carbocycles. The third-order valence-electron chi connectivity index (χ3n) is 3.39. The minimum absolute atomic E-state index is 0.134. The van der Waals surface area contributed by atoms with Gasteiger partial charge >= 0.3 is 0 Å². The number of carbonyl (C=O) groups excluding carboxylic acids is 2. The summed E-state index contributed by atoms with van der Waals surface area (Å²) in [5.74, 6) is -1.05. The second-order valence-corrected chi connectivity index (χ2v) is 7.26. The largest absolute Gasteiger partial charge is 0.366 e. The molecule has 3 rings (SSSR count). The molecule has 1 aliphatic carbocycles. The third kappa shape index (κ3) is 3.44. The van der Waals surface area contributed by atoms with Crippen LogP contribution in [0.25, 0.3) is 0 Å². The zero-order valence-corrected chi connectivity index (χ0v) is 15.6. The first-order valence-electron chi connectivity index (χ1n) is 6.72. The summed E-state index contributed by atoms with van der Waals surface area (Å²) in [6, 6.07) is 4.88. The summed E-state index contributed by atoms with van der Waals surface area (Å²) in [6.45, 7) is 0. The first kappa shape index (κ1) is 16.5. The minimum atomic E-state index is -0.680. The van der Waals surface area contributed by atoms with Crippen LogP contribution in [0, 0.1) is 0 Å². The van der Waals surface area contributed by atoms with E-state index in [9.17, 15) is 9.59 Å². The van der Waals surface area contributed by atoms with Crippen molar-refractivity contribution in [2.24, 2.45) is 5.73 Å². The summed E-state index contributed by atoms with van der Waals surface area (Å²) in [4.78, 5) is 24.2. The van der Waals surface area contributed by atoms with Crippen LogP contribution in [-0.2, 0) is 0 Å². The van der Waals surface area contributed by atoms with Crippen LogP contribution in [0.3, 0.4) is 0 Å². The number of rotatable bonds is 4. The highest BCUT2D eigenvalue weighted by Crippen LogP contribution is 2.37. The number of carbonyl (C=O) groups is 2. The fourth-order valence-corrected chi connectivity index (χ4v) is 3.50. The predicted octanol–water partition coefficient (Wildman–Crippen LogP) is 3.75.